The minimum Gasteiger partial charge on any atom is -0.338 e. The van der Waals surface area contributed by atoms with E-state index >= 15 is 0 Å². The van der Waals surface area contributed by atoms with Crippen molar-refractivity contribution in [3.8, 4) is 11.3 Å². The van der Waals surface area contributed by atoms with Crippen LogP contribution in [0.4, 0.5) is 0 Å². The van der Waals surface area contributed by atoms with E-state index in [0.29, 0.717) is 11.5 Å². The lowest BCUT2D eigenvalue weighted by Gasteiger charge is -2.17. The molecule has 1 aromatic carbocycles. The summed E-state index contributed by atoms with van der Waals surface area (Å²) >= 11 is 3.48. The van der Waals surface area contributed by atoms with Gasteiger partial charge >= 0.3 is 0 Å². The number of pyridine rings is 1. The van der Waals surface area contributed by atoms with Gasteiger partial charge in [0.2, 0.25) is 0 Å². The first-order valence-corrected chi connectivity index (χ1v) is 8.37. The Kier molecular flexibility index (Phi) is 4.30. The van der Waals surface area contributed by atoms with Crippen LogP contribution in [0.15, 0.2) is 40.9 Å². The number of aromatic nitrogens is 1. The van der Waals surface area contributed by atoms with Gasteiger partial charge in [-0.15, -0.1) is 0 Å². The Labute approximate surface area is 139 Å². The lowest BCUT2D eigenvalue weighted by molar-refractivity contribution is 0.0787. The van der Waals surface area contributed by atoms with Crippen molar-refractivity contribution in [2.24, 2.45) is 5.92 Å². The third kappa shape index (κ3) is 3.07. The molecule has 1 amide bonds. The maximum atomic E-state index is 12.6. The molecular weight excluding hydrogens is 340 g/mol. The van der Waals surface area contributed by atoms with E-state index in [1.807, 2.05) is 48.2 Å². The van der Waals surface area contributed by atoms with Crippen LogP contribution in [-0.4, -0.2) is 28.9 Å². The number of carbonyl (C=O) groups excluding carboxylic acids is 1. The second-order valence-electron chi connectivity index (χ2n) is 5.98. The number of amides is 1. The van der Waals surface area contributed by atoms with E-state index in [-0.39, 0.29) is 5.91 Å². The van der Waals surface area contributed by atoms with Gasteiger partial charge < -0.3 is 4.90 Å². The molecular formula is C18H19BrN2O. The average molecular weight is 359 g/mol. The fourth-order valence-corrected chi connectivity index (χ4v) is 3.28. The van der Waals surface area contributed by atoms with E-state index in [2.05, 4.69) is 27.8 Å². The molecule has 22 heavy (non-hydrogen) atoms. The summed E-state index contributed by atoms with van der Waals surface area (Å²) in [4.78, 5) is 19.2. The first kappa shape index (κ1) is 15.2. The maximum Gasteiger partial charge on any atom is 0.255 e. The first-order valence-electron chi connectivity index (χ1n) is 7.57. The number of hydrogen-bond acceptors (Lipinski definition) is 2. The highest BCUT2D eigenvalue weighted by atomic mass is 79.9. The summed E-state index contributed by atoms with van der Waals surface area (Å²) in [6.45, 7) is 5.81. The Hall–Kier alpha value is -1.68. The maximum absolute atomic E-state index is 12.6. The molecule has 1 saturated heterocycles. The van der Waals surface area contributed by atoms with Crippen LogP contribution in [0.3, 0.4) is 0 Å². The Morgan fingerprint density at radius 2 is 2.14 bits per heavy atom. The van der Waals surface area contributed by atoms with Crippen LogP contribution in [-0.2, 0) is 0 Å². The Morgan fingerprint density at radius 1 is 1.32 bits per heavy atom. The van der Waals surface area contributed by atoms with Gasteiger partial charge in [-0.25, -0.2) is 0 Å². The summed E-state index contributed by atoms with van der Waals surface area (Å²) in [5, 5.41) is 0. The molecule has 114 valence electrons. The van der Waals surface area contributed by atoms with Crippen molar-refractivity contribution < 1.29 is 4.79 Å². The molecule has 1 aliphatic rings. The first-order chi connectivity index (χ1) is 10.5. The smallest absolute Gasteiger partial charge is 0.255 e. The zero-order chi connectivity index (χ0) is 15.7. The molecule has 0 N–H and O–H groups in total. The molecule has 1 aromatic heterocycles. The van der Waals surface area contributed by atoms with Gasteiger partial charge in [-0.1, -0.05) is 35.0 Å². The van der Waals surface area contributed by atoms with Crippen molar-refractivity contribution in [1.29, 1.82) is 0 Å². The number of likely N-dealkylation sites (tertiary alicyclic amines) is 1. The molecule has 4 heteroatoms. The SMILES string of the molecule is Cc1nc(-c2cccc(Br)c2)ccc1C(=O)N1CCC(C)C1. The number of hydrogen-bond donors (Lipinski definition) is 0. The zero-order valence-electron chi connectivity index (χ0n) is 12.8. The van der Waals surface area contributed by atoms with E-state index in [1.165, 1.54) is 0 Å². The van der Waals surface area contributed by atoms with Gasteiger partial charge in [-0.05, 0) is 43.5 Å². The summed E-state index contributed by atoms with van der Waals surface area (Å²) in [7, 11) is 0. The molecule has 2 heterocycles. The van der Waals surface area contributed by atoms with E-state index in [0.717, 1.165) is 40.9 Å². The van der Waals surface area contributed by atoms with E-state index in [1.54, 1.807) is 0 Å². The van der Waals surface area contributed by atoms with Gasteiger partial charge in [0.25, 0.3) is 5.91 Å². The van der Waals surface area contributed by atoms with Crippen LogP contribution < -0.4 is 0 Å². The number of halogens is 1. The highest BCUT2D eigenvalue weighted by Gasteiger charge is 2.25. The van der Waals surface area contributed by atoms with Crippen molar-refractivity contribution >= 4 is 21.8 Å². The van der Waals surface area contributed by atoms with Gasteiger partial charge in [0, 0.05) is 23.1 Å². The van der Waals surface area contributed by atoms with Gasteiger partial charge in [0.1, 0.15) is 0 Å². The molecule has 0 aliphatic carbocycles. The fourth-order valence-electron chi connectivity index (χ4n) is 2.89. The Bertz CT molecular complexity index is 714. The monoisotopic (exact) mass is 358 g/mol. The number of carbonyl (C=O) groups is 1. The predicted octanol–water partition coefficient (Wildman–Crippen LogP) is 4.30. The molecule has 0 saturated carbocycles. The number of benzene rings is 1. The van der Waals surface area contributed by atoms with E-state index < -0.39 is 0 Å². The van der Waals surface area contributed by atoms with Crippen molar-refractivity contribution in [3.63, 3.8) is 0 Å². The standard InChI is InChI=1S/C18H19BrN2O/c1-12-8-9-21(11-12)18(22)16-6-7-17(20-13(16)2)14-4-3-5-15(19)10-14/h3-7,10,12H,8-9,11H2,1-2H3. The van der Waals surface area contributed by atoms with Crippen LogP contribution in [0.1, 0.15) is 29.4 Å². The minimum absolute atomic E-state index is 0.107. The summed E-state index contributed by atoms with van der Waals surface area (Å²) in [5.41, 5.74) is 3.45. The molecule has 0 radical (unpaired) electrons. The zero-order valence-corrected chi connectivity index (χ0v) is 14.4. The molecule has 1 aliphatic heterocycles. The van der Waals surface area contributed by atoms with Crippen LogP contribution >= 0.6 is 15.9 Å². The molecule has 0 spiro atoms. The molecule has 0 bridgehead atoms. The number of nitrogens with zero attached hydrogens (tertiary/aromatic N) is 2. The summed E-state index contributed by atoms with van der Waals surface area (Å²) < 4.78 is 1.02. The van der Waals surface area contributed by atoms with Crippen molar-refractivity contribution in [2.75, 3.05) is 13.1 Å². The predicted molar refractivity (Wildman–Crippen MR) is 91.8 cm³/mol. The molecule has 1 unspecified atom stereocenters. The van der Waals surface area contributed by atoms with Gasteiger partial charge in [-0.3, -0.25) is 9.78 Å². The third-order valence-corrected chi connectivity index (χ3v) is 4.64. The lowest BCUT2D eigenvalue weighted by atomic mass is 10.1. The third-order valence-electron chi connectivity index (χ3n) is 4.15. The van der Waals surface area contributed by atoms with Crippen molar-refractivity contribution in [3.05, 3.63) is 52.1 Å². The molecule has 1 fully saturated rings. The molecule has 2 aromatic rings. The summed E-state index contributed by atoms with van der Waals surface area (Å²) in [6.07, 6.45) is 1.09. The minimum atomic E-state index is 0.107. The van der Waals surface area contributed by atoms with Gasteiger partial charge in [0.15, 0.2) is 0 Å². The summed E-state index contributed by atoms with van der Waals surface area (Å²) in [5.74, 6) is 0.702. The molecule has 3 nitrogen and oxygen atoms in total. The second kappa shape index (κ2) is 6.21. The van der Waals surface area contributed by atoms with E-state index in [4.69, 9.17) is 0 Å². The topological polar surface area (TPSA) is 33.2 Å². The normalized spacial score (nSPS) is 17.8. The van der Waals surface area contributed by atoms with Crippen molar-refractivity contribution in [2.45, 2.75) is 20.3 Å². The largest absolute Gasteiger partial charge is 0.338 e. The van der Waals surface area contributed by atoms with Crippen LogP contribution in [0, 0.1) is 12.8 Å². The van der Waals surface area contributed by atoms with E-state index in [9.17, 15) is 4.79 Å². The fraction of sp³-hybridized carbons (Fsp3) is 0.333. The quantitative estimate of drug-likeness (QED) is 0.801. The number of rotatable bonds is 2. The Balaban J connectivity index is 1.88. The van der Waals surface area contributed by atoms with Gasteiger partial charge in [0.05, 0.1) is 17.0 Å². The summed E-state index contributed by atoms with van der Waals surface area (Å²) in [6, 6.07) is 11.9. The van der Waals surface area contributed by atoms with Crippen LogP contribution in [0.5, 0.6) is 0 Å². The highest BCUT2D eigenvalue weighted by Crippen LogP contribution is 2.24. The average Bonchev–Trinajstić information content (AvgIpc) is 2.93. The Morgan fingerprint density at radius 3 is 2.77 bits per heavy atom. The second-order valence-corrected chi connectivity index (χ2v) is 6.90. The van der Waals surface area contributed by atoms with Crippen LogP contribution in [0.25, 0.3) is 11.3 Å². The molecule has 1 atom stereocenters. The highest BCUT2D eigenvalue weighted by molar-refractivity contribution is 9.10. The molecule has 3 rings (SSSR count). The van der Waals surface area contributed by atoms with Crippen LogP contribution in [0.2, 0.25) is 0 Å². The van der Waals surface area contributed by atoms with Gasteiger partial charge in [-0.2, -0.15) is 0 Å². The number of aryl methyl sites for hydroxylation is 1. The van der Waals surface area contributed by atoms with Crippen molar-refractivity contribution in [1.82, 2.24) is 9.88 Å². The lowest BCUT2D eigenvalue weighted by Crippen LogP contribution is -2.29.